The van der Waals surface area contributed by atoms with E-state index in [1.807, 2.05) is 0 Å². The highest BCUT2D eigenvalue weighted by atomic mass is 16.5. The molecule has 3 heteroatoms. The topological polar surface area (TPSA) is 38.5 Å². The van der Waals surface area contributed by atoms with Crippen LogP contribution >= 0.6 is 0 Å². The Hall–Kier alpha value is -0.120. The first-order valence-corrected chi connectivity index (χ1v) is 6.65. The minimum atomic E-state index is 0.351. The SMILES string of the molecule is CC(C)CCOCCN1CCC(C)C(N)C1. The van der Waals surface area contributed by atoms with Gasteiger partial charge in [-0.3, -0.25) is 4.90 Å². The van der Waals surface area contributed by atoms with Crippen LogP contribution in [0, 0.1) is 11.8 Å². The number of likely N-dealkylation sites (tertiary alicyclic amines) is 1. The molecule has 0 aliphatic carbocycles. The summed E-state index contributed by atoms with van der Waals surface area (Å²) in [6.07, 6.45) is 2.39. The lowest BCUT2D eigenvalue weighted by Gasteiger charge is -2.34. The smallest absolute Gasteiger partial charge is 0.0593 e. The summed E-state index contributed by atoms with van der Waals surface area (Å²) in [5.74, 6) is 1.42. The molecule has 0 bridgehead atoms. The molecular weight excluding hydrogens is 200 g/mol. The van der Waals surface area contributed by atoms with Crippen LogP contribution in [-0.4, -0.2) is 43.8 Å². The zero-order valence-corrected chi connectivity index (χ0v) is 11.1. The van der Waals surface area contributed by atoms with Crippen LogP contribution in [-0.2, 0) is 4.74 Å². The van der Waals surface area contributed by atoms with Crippen molar-refractivity contribution in [2.45, 2.75) is 39.7 Å². The van der Waals surface area contributed by atoms with Gasteiger partial charge in [-0.1, -0.05) is 20.8 Å². The van der Waals surface area contributed by atoms with Crippen molar-refractivity contribution in [1.29, 1.82) is 0 Å². The molecule has 1 heterocycles. The van der Waals surface area contributed by atoms with Crippen LogP contribution in [0.5, 0.6) is 0 Å². The van der Waals surface area contributed by atoms with Crippen molar-refractivity contribution in [3.63, 3.8) is 0 Å². The minimum Gasteiger partial charge on any atom is -0.380 e. The fourth-order valence-electron chi connectivity index (χ4n) is 1.99. The largest absolute Gasteiger partial charge is 0.380 e. The molecule has 0 radical (unpaired) electrons. The highest BCUT2D eigenvalue weighted by molar-refractivity contribution is 4.80. The molecule has 3 nitrogen and oxygen atoms in total. The number of rotatable bonds is 6. The fraction of sp³-hybridized carbons (Fsp3) is 1.00. The number of ether oxygens (including phenoxy) is 1. The molecule has 2 atom stereocenters. The number of hydrogen-bond acceptors (Lipinski definition) is 3. The van der Waals surface area contributed by atoms with Crippen molar-refractivity contribution in [2.75, 3.05) is 32.8 Å². The quantitative estimate of drug-likeness (QED) is 0.704. The van der Waals surface area contributed by atoms with Crippen molar-refractivity contribution >= 4 is 0 Å². The van der Waals surface area contributed by atoms with Gasteiger partial charge in [0.05, 0.1) is 6.61 Å². The van der Waals surface area contributed by atoms with Gasteiger partial charge >= 0.3 is 0 Å². The minimum absolute atomic E-state index is 0.351. The number of nitrogens with two attached hydrogens (primary N) is 1. The molecule has 96 valence electrons. The fourth-order valence-corrected chi connectivity index (χ4v) is 1.99. The Balaban J connectivity index is 2.01. The lowest BCUT2D eigenvalue weighted by Crippen LogP contribution is -2.48. The maximum atomic E-state index is 6.06. The maximum Gasteiger partial charge on any atom is 0.0593 e. The lowest BCUT2D eigenvalue weighted by atomic mass is 9.94. The Morgan fingerprint density at radius 1 is 1.38 bits per heavy atom. The highest BCUT2D eigenvalue weighted by Crippen LogP contribution is 2.14. The predicted molar refractivity (Wildman–Crippen MR) is 68.5 cm³/mol. The Kier molecular flexibility index (Phi) is 6.32. The molecule has 0 amide bonds. The summed E-state index contributed by atoms with van der Waals surface area (Å²) >= 11 is 0. The zero-order chi connectivity index (χ0) is 12.0. The van der Waals surface area contributed by atoms with Gasteiger partial charge in [-0.25, -0.2) is 0 Å². The highest BCUT2D eigenvalue weighted by Gasteiger charge is 2.22. The van der Waals surface area contributed by atoms with Gasteiger partial charge in [0.1, 0.15) is 0 Å². The Labute approximate surface area is 100 Å². The van der Waals surface area contributed by atoms with E-state index in [0.29, 0.717) is 12.0 Å². The normalized spacial score (nSPS) is 27.6. The van der Waals surface area contributed by atoms with Crippen LogP contribution in [0.3, 0.4) is 0 Å². The van der Waals surface area contributed by atoms with E-state index in [0.717, 1.165) is 38.6 Å². The van der Waals surface area contributed by atoms with Crippen LogP contribution in [0.2, 0.25) is 0 Å². The summed E-state index contributed by atoms with van der Waals surface area (Å²) in [6, 6.07) is 0.351. The summed E-state index contributed by atoms with van der Waals surface area (Å²) < 4.78 is 5.63. The summed E-state index contributed by atoms with van der Waals surface area (Å²) in [5, 5.41) is 0. The van der Waals surface area contributed by atoms with Gasteiger partial charge < -0.3 is 10.5 Å². The average Bonchev–Trinajstić information content (AvgIpc) is 2.22. The van der Waals surface area contributed by atoms with Crippen LogP contribution < -0.4 is 5.73 Å². The third kappa shape index (κ3) is 5.28. The van der Waals surface area contributed by atoms with E-state index >= 15 is 0 Å². The summed E-state index contributed by atoms with van der Waals surface area (Å²) in [4.78, 5) is 2.43. The van der Waals surface area contributed by atoms with Gasteiger partial charge in [0.25, 0.3) is 0 Å². The molecule has 0 spiro atoms. The van der Waals surface area contributed by atoms with E-state index in [1.54, 1.807) is 0 Å². The first-order valence-electron chi connectivity index (χ1n) is 6.65. The predicted octanol–water partition coefficient (Wildman–Crippen LogP) is 1.72. The van der Waals surface area contributed by atoms with Gasteiger partial charge in [-0.15, -0.1) is 0 Å². The van der Waals surface area contributed by atoms with Gasteiger partial charge in [0.15, 0.2) is 0 Å². The first-order chi connectivity index (χ1) is 7.59. The van der Waals surface area contributed by atoms with Crippen molar-refractivity contribution < 1.29 is 4.74 Å². The van der Waals surface area contributed by atoms with Gasteiger partial charge in [-0.2, -0.15) is 0 Å². The molecule has 16 heavy (non-hydrogen) atoms. The molecule has 1 aliphatic heterocycles. The number of piperidine rings is 1. The van der Waals surface area contributed by atoms with Crippen LogP contribution in [0.15, 0.2) is 0 Å². The van der Waals surface area contributed by atoms with Crippen LogP contribution in [0.1, 0.15) is 33.6 Å². The van der Waals surface area contributed by atoms with Crippen LogP contribution in [0.4, 0.5) is 0 Å². The Morgan fingerprint density at radius 3 is 2.75 bits per heavy atom. The van der Waals surface area contributed by atoms with Crippen molar-refractivity contribution in [1.82, 2.24) is 4.90 Å². The molecule has 1 rings (SSSR count). The summed E-state index contributed by atoms with van der Waals surface area (Å²) in [6.45, 7) is 11.7. The molecular formula is C13H28N2O. The second-order valence-corrected chi connectivity index (χ2v) is 5.53. The lowest BCUT2D eigenvalue weighted by molar-refractivity contribution is 0.0790. The van der Waals surface area contributed by atoms with E-state index in [4.69, 9.17) is 10.5 Å². The molecule has 0 aromatic carbocycles. The molecule has 0 saturated carbocycles. The third-order valence-electron chi connectivity index (χ3n) is 3.49. The van der Waals surface area contributed by atoms with Gasteiger partial charge in [0.2, 0.25) is 0 Å². The monoisotopic (exact) mass is 228 g/mol. The number of hydrogen-bond donors (Lipinski definition) is 1. The van der Waals surface area contributed by atoms with E-state index < -0.39 is 0 Å². The van der Waals surface area contributed by atoms with E-state index in [2.05, 4.69) is 25.7 Å². The Bertz CT molecular complexity index is 185. The van der Waals surface area contributed by atoms with E-state index in [-0.39, 0.29) is 0 Å². The maximum absolute atomic E-state index is 6.06. The second-order valence-electron chi connectivity index (χ2n) is 5.53. The molecule has 1 fully saturated rings. The zero-order valence-electron chi connectivity index (χ0n) is 11.1. The Morgan fingerprint density at radius 2 is 2.12 bits per heavy atom. The van der Waals surface area contributed by atoms with Crippen LogP contribution in [0.25, 0.3) is 0 Å². The second kappa shape index (κ2) is 7.25. The molecule has 0 aromatic rings. The average molecular weight is 228 g/mol. The van der Waals surface area contributed by atoms with Gasteiger partial charge in [0, 0.05) is 25.7 Å². The molecule has 2 unspecified atom stereocenters. The van der Waals surface area contributed by atoms with Gasteiger partial charge in [-0.05, 0) is 31.2 Å². The van der Waals surface area contributed by atoms with Crippen molar-refractivity contribution in [3.05, 3.63) is 0 Å². The first kappa shape index (κ1) is 13.9. The molecule has 1 saturated heterocycles. The van der Waals surface area contributed by atoms with Crippen molar-refractivity contribution in [3.8, 4) is 0 Å². The third-order valence-corrected chi connectivity index (χ3v) is 3.49. The molecule has 2 N–H and O–H groups in total. The summed E-state index contributed by atoms with van der Waals surface area (Å²) in [7, 11) is 0. The standard InChI is InChI=1S/C13H28N2O/c1-11(2)5-8-16-9-7-15-6-4-12(3)13(14)10-15/h11-13H,4-10,14H2,1-3H3. The number of nitrogens with zero attached hydrogens (tertiary/aromatic N) is 1. The summed E-state index contributed by atoms with van der Waals surface area (Å²) in [5.41, 5.74) is 6.06. The molecule has 0 aromatic heterocycles. The van der Waals surface area contributed by atoms with E-state index in [1.165, 1.54) is 13.0 Å². The molecule has 1 aliphatic rings. The van der Waals surface area contributed by atoms with E-state index in [9.17, 15) is 0 Å². The van der Waals surface area contributed by atoms with Crippen molar-refractivity contribution in [2.24, 2.45) is 17.6 Å².